The number of halogens is 3. The van der Waals surface area contributed by atoms with Crippen LogP contribution in [0.25, 0.3) is 0 Å². The maximum atomic E-state index is 14.1. The number of amides is 1. The molecule has 1 heterocycles. The van der Waals surface area contributed by atoms with E-state index in [0.29, 0.717) is 26.0 Å². The van der Waals surface area contributed by atoms with Gasteiger partial charge in [0.25, 0.3) is 5.91 Å². The van der Waals surface area contributed by atoms with Crippen molar-refractivity contribution in [1.29, 1.82) is 0 Å². The fourth-order valence-corrected chi connectivity index (χ4v) is 3.81. The van der Waals surface area contributed by atoms with Crippen molar-refractivity contribution in [1.82, 2.24) is 10.0 Å². The third-order valence-electron chi connectivity index (χ3n) is 5.21. The Morgan fingerprint density at radius 3 is 2.57 bits per heavy atom. The minimum atomic E-state index is -4.49. The molecule has 0 N–H and O–H groups in total. The van der Waals surface area contributed by atoms with Crippen LogP contribution >= 0.6 is 0 Å². The van der Waals surface area contributed by atoms with Crippen LogP contribution in [-0.2, 0) is 4.74 Å². The Hall–Kier alpha value is -1.60. The van der Waals surface area contributed by atoms with Crippen molar-refractivity contribution in [2.75, 3.05) is 20.3 Å². The second-order valence-corrected chi connectivity index (χ2v) is 7.34. The van der Waals surface area contributed by atoms with Gasteiger partial charge in [-0.3, -0.25) is 9.80 Å². The maximum Gasteiger partial charge on any atom is 0.410 e. The number of ether oxygens (including phenoxy) is 1. The highest BCUT2D eigenvalue weighted by Gasteiger charge is 2.49. The number of hydrazine groups is 1. The van der Waals surface area contributed by atoms with E-state index in [1.807, 2.05) is 6.92 Å². The largest absolute Gasteiger partial charge is 0.410 e. The van der Waals surface area contributed by atoms with Crippen LogP contribution in [0.4, 0.5) is 13.2 Å². The molecule has 0 bridgehead atoms. The zero-order valence-electron chi connectivity index (χ0n) is 16.8. The average molecular weight is 400 g/mol. The Morgan fingerprint density at radius 1 is 1.25 bits per heavy atom. The summed E-state index contributed by atoms with van der Waals surface area (Å²) in [5, 5.41) is 2.58. The van der Waals surface area contributed by atoms with Gasteiger partial charge in [0.2, 0.25) is 0 Å². The van der Waals surface area contributed by atoms with Crippen molar-refractivity contribution >= 4 is 5.91 Å². The van der Waals surface area contributed by atoms with Gasteiger partial charge in [0, 0.05) is 19.2 Å². The molecule has 4 nitrogen and oxygen atoms in total. The summed E-state index contributed by atoms with van der Waals surface area (Å²) >= 11 is 0. The predicted octanol–water partition coefficient (Wildman–Crippen LogP) is 5.06. The molecule has 0 aliphatic carbocycles. The van der Waals surface area contributed by atoms with Crippen molar-refractivity contribution in [2.45, 2.75) is 70.1 Å². The van der Waals surface area contributed by atoms with Gasteiger partial charge in [0.1, 0.15) is 6.04 Å². The highest BCUT2D eigenvalue weighted by Crippen LogP contribution is 2.34. The normalized spacial score (nSPS) is 19.0. The van der Waals surface area contributed by atoms with Crippen LogP contribution < -0.4 is 0 Å². The number of hydrogen-bond acceptors (Lipinski definition) is 3. The molecule has 2 atom stereocenters. The summed E-state index contributed by atoms with van der Waals surface area (Å²) < 4.78 is 47.4. The first-order valence-electron chi connectivity index (χ1n) is 10.1. The molecule has 158 valence electrons. The molecular formula is C21H31F3N2O2. The van der Waals surface area contributed by atoms with E-state index in [-0.39, 0.29) is 18.0 Å². The number of alkyl halides is 3. The van der Waals surface area contributed by atoms with Gasteiger partial charge in [-0.15, -0.1) is 0 Å². The van der Waals surface area contributed by atoms with E-state index in [4.69, 9.17) is 4.74 Å². The molecular weight excluding hydrogens is 369 g/mol. The van der Waals surface area contributed by atoms with E-state index < -0.39 is 18.1 Å². The molecule has 0 unspecified atom stereocenters. The minimum Gasteiger partial charge on any atom is -0.383 e. The van der Waals surface area contributed by atoms with Crippen molar-refractivity contribution in [3.05, 3.63) is 35.9 Å². The Morgan fingerprint density at radius 2 is 1.96 bits per heavy atom. The number of benzene rings is 1. The lowest BCUT2D eigenvalue weighted by atomic mass is 10.0. The number of hydrogen-bond donors (Lipinski definition) is 0. The standard InChI is InChI=1S/C21H31F3N2O2/c1-3-4-5-9-14-19(21(22,23)24)26(20(27)17-11-7-6-8-12-17)25-15-10-13-18(25)16-28-2/h6-8,11-12,18-19H,3-5,9-10,13-16H2,1-2H3/t18-,19+/m0/s1. The van der Waals surface area contributed by atoms with Gasteiger partial charge in [-0.25, -0.2) is 5.01 Å². The molecule has 1 aromatic rings. The van der Waals surface area contributed by atoms with Gasteiger partial charge >= 0.3 is 6.18 Å². The molecule has 1 fully saturated rings. The predicted molar refractivity (Wildman–Crippen MR) is 103 cm³/mol. The summed E-state index contributed by atoms with van der Waals surface area (Å²) in [6.07, 6.45) is -0.0924. The van der Waals surface area contributed by atoms with Gasteiger partial charge in [0.15, 0.2) is 0 Å². The summed E-state index contributed by atoms with van der Waals surface area (Å²) in [4.78, 5) is 13.2. The topological polar surface area (TPSA) is 32.8 Å². The van der Waals surface area contributed by atoms with Crippen molar-refractivity contribution < 1.29 is 22.7 Å². The first kappa shape index (κ1) is 22.7. The quantitative estimate of drug-likeness (QED) is 0.515. The van der Waals surface area contributed by atoms with Crippen molar-refractivity contribution in [2.24, 2.45) is 0 Å². The maximum absolute atomic E-state index is 14.1. The van der Waals surface area contributed by atoms with Crippen LogP contribution in [-0.4, -0.2) is 54.4 Å². The number of nitrogens with zero attached hydrogens (tertiary/aromatic N) is 2. The Kier molecular flexibility index (Phi) is 8.76. The van der Waals surface area contributed by atoms with Gasteiger partial charge in [-0.2, -0.15) is 13.2 Å². The molecule has 1 amide bonds. The number of rotatable bonds is 10. The summed E-state index contributed by atoms with van der Waals surface area (Å²) in [7, 11) is 1.53. The Bertz CT molecular complexity index is 595. The monoisotopic (exact) mass is 400 g/mol. The van der Waals surface area contributed by atoms with Gasteiger partial charge in [0.05, 0.1) is 12.6 Å². The molecule has 0 aromatic heterocycles. The second-order valence-electron chi connectivity index (χ2n) is 7.34. The number of methoxy groups -OCH3 is 1. The first-order chi connectivity index (χ1) is 13.4. The molecule has 0 spiro atoms. The lowest BCUT2D eigenvalue weighted by molar-refractivity contribution is -0.213. The first-order valence-corrected chi connectivity index (χ1v) is 10.1. The summed E-state index contributed by atoms with van der Waals surface area (Å²) in [6.45, 7) is 2.75. The summed E-state index contributed by atoms with van der Waals surface area (Å²) in [6, 6.07) is 6.18. The van der Waals surface area contributed by atoms with Gasteiger partial charge in [-0.1, -0.05) is 50.8 Å². The zero-order valence-corrected chi connectivity index (χ0v) is 16.8. The Labute approximate surface area is 165 Å². The van der Waals surface area contributed by atoms with E-state index in [0.717, 1.165) is 30.7 Å². The summed E-state index contributed by atoms with van der Waals surface area (Å²) in [5.74, 6) is -0.596. The number of unbranched alkanes of at least 4 members (excludes halogenated alkanes) is 3. The molecule has 1 aliphatic heterocycles. The number of carbonyl (C=O) groups excluding carboxylic acids is 1. The fourth-order valence-electron chi connectivity index (χ4n) is 3.81. The van der Waals surface area contributed by atoms with E-state index in [1.54, 1.807) is 35.3 Å². The zero-order chi connectivity index (χ0) is 20.6. The SMILES string of the molecule is CCCCCC[C@@H](N(C(=O)c1ccccc1)N1CCC[C@H]1COC)C(F)(F)F. The molecule has 0 radical (unpaired) electrons. The lowest BCUT2D eigenvalue weighted by Crippen LogP contribution is -2.59. The second kappa shape index (κ2) is 10.8. The molecule has 1 aromatic carbocycles. The summed E-state index contributed by atoms with van der Waals surface area (Å²) in [5.41, 5.74) is 0.272. The third kappa shape index (κ3) is 5.95. The van der Waals surface area contributed by atoms with Crippen LogP contribution in [0.1, 0.15) is 62.2 Å². The molecule has 1 aliphatic rings. The molecule has 28 heavy (non-hydrogen) atoms. The highest BCUT2D eigenvalue weighted by molar-refractivity contribution is 5.94. The third-order valence-corrected chi connectivity index (χ3v) is 5.21. The fraction of sp³-hybridized carbons (Fsp3) is 0.667. The number of carbonyl (C=O) groups is 1. The van der Waals surface area contributed by atoms with Gasteiger partial charge in [-0.05, 0) is 31.4 Å². The minimum absolute atomic E-state index is 0.0850. The van der Waals surface area contributed by atoms with Crippen LogP contribution in [0.2, 0.25) is 0 Å². The smallest absolute Gasteiger partial charge is 0.383 e. The molecule has 1 saturated heterocycles. The molecule has 2 rings (SSSR count). The van der Waals surface area contributed by atoms with Crippen LogP contribution in [0.3, 0.4) is 0 Å². The van der Waals surface area contributed by atoms with E-state index in [9.17, 15) is 18.0 Å². The average Bonchev–Trinajstić information content (AvgIpc) is 3.12. The van der Waals surface area contributed by atoms with Crippen LogP contribution in [0, 0.1) is 0 Å². The lowest BCUT2D eigenvalue weighted by Gasteiger charge is -2.42. The van der Waals surface area contributed by atoms with Crippen LogP contribution in [0.15, 0.2) is 30.3 Å². The van der Waals surface area contributed by atoms with Crippen LogP contribution in [0.5, 0.6) is 0 Å². The van der Waals surface area contributed by atoms with Crippen molar-refractivity contribution in [3.63, 3.8) is 0 Å². The van der Waals surface area contributed by atoms with E-state index in [1.165, 1.54) is 7.11 Å². The van der Waals surface area contributed by atoms with Crippen molar-refractivity contribution in [3.8, 4) is 0 Å². The highest BCUT2D eigenvalue weighted by atomic mass is 19.4. The Balaban J connectivity index is 2.34. The molecule has 0 saturated carbocycles. The van der Waals surface area contributed by atoms with E-state index in [2.05, 4.69) is 0 Å². The molecule has 7 heteroatoms. The van der Waals surface area contributed by atoms with E-state index >= 15 is 0 Å². The van der Waals surface area contributed by atoms with Gasteiger partial charge < -0.3 is 4.74 Å².